The van der Waals surface area contributed by atoms with Crippen molar-refractivity contribution < 1.29 is 9.53 Å². The van der Waals surface area contributed by atoms with Crippen molar-refractivity contribution in [2.24, 2.45) is 0 Å². The van der Waals surface area contributed by atoms with E-state index in [1.165, 1.54) is 0 Å². The lowest BCUT2D eigenvalue weighted by atomic mass is 10.2. The molecule has 0 saturated carbocycles. The molecule has 0 saturated heterocycles. The molecule has 1 aromatic heterocycles. The Hall–Kier alpha value is -0.420. The number of rotatable bonds is 3. The average Bonchev–Trinajstić information content (AvgIpc) is 2.18. The van der Waals surface area contributed by atoms with Crippen LogP contribution in [0.15, 0.2) is 18.5 Å². The minimum absolute atomic E-state index is 0. The number of hydrogen-bond acceptors (Lipinski definition) is 3. The van der Waals surface area contributed by atoms with Crippen molar-refractivity contribution in [1.82, 2.24) is 4.98 Å². The van der Waals surface area contributed by atoms with Crippen LogP contribution < -0.4 is 0 Å². The quantitative estimate of drug-likeness (QED) is 0.634. The van der Waals surface area contributed by atoms with Gasteiger partial charge in [-0.3, -0.25) is 4.98 Å². The maximum absolute atomic E-state index is 11.4. The van der Waals surface area contributed by atoms with Gasteiger partial charge in [-0.15, -0.1) is 17.0 Å². The van der Waals surface area contributed by atoms with E-state index in [1.807, 2.05) is 0 Å². The number of carbonyl (C=O) groups excluding carboxylic acids is 1. The van der Waals surface area contributed by atoms with Crippen LogP contribution in [0.2, 0.25) is 0 Å². The predicted octanol–water partition coefficient (Wildman–Crippen LogP) is 2.73. The van der Waals surface area contributed by atoms with Crippen molar-refractivity contribution in [3.63, 3.8) is 0 Å². The van der Waals surface area contributed by atoms with Gasteiger partial charge in [-0.05, 0) is 18.6 Å². The van der Waals surface area contributed by atoms with Crippen molar-refractivity contribution in [1.29, 1.82) is 0 Å². The summed E-state index contributed by atoms with van der Waals surface area (Å²) in [6.45, 7) is 2.18. The van der Waals surface area contributed by atoms with Crippen LogP contribution in [0.3, 0.4) is 0 Å². The Labute approximate surface area is 102 Å². The van der Waals surface area contributed by atoms with E-state index in [9.17, 15) is 4.79 Å². The molecule has 0 aromatic carbocycles. The SMILES string of the molecule is Br.CCOC(=O)c1ccncc1CBr. The van der Waals surface area contributed by atoms with Crippen molar-refractivity contribution in [3.8, 4) is 0 Å². The van der Waals surface area contributed by atoms with Gasteiger partial charge in [-0.2, -0.15) is 0 Å². The average molecular weight is 325 g/mol. The standard InChI is InChI=1S/C9H10BrNO2.BrH/c1-2-13-9(12)8-3-4-11-6-7(8)5-10;/h3-4,6H,2,5H2,1H3;1H. The highest BCUT2D eigenvalue weighted by molar-refractivity contribution is 9.08. The van der Waals surface area contributed by atoms with Crippen molar-refractivity contribution in [3.05, 3.63) is 29.6 Å². The Morgan fingerprint density at radius 3 is 2.93 bits per heavy atom. The van der Waals surface area contributed by atoms with Gasteiger partial charge < -0.3 is 4.74 Å². The fourth-order valence-corrected chi connectivity index (χ4v) is 1.39. The Bertz CT molecular complexity index is 305. The fourth-order valence-electron chi connectivity index (χ4n) is 0.942. The molecule has 0 unspecified atom stereocenters. The molecule has 5 heteroatoms. The summed E-state index contributed by atoms with van der Waals surface area (Å²) in [4.78, 5) is 15.3. The molecule has 0 aliphatic carbocycles. The zero-order valence-corrected chi connectivity index (χ0v) is 11.0. The fraction of sp³-hybridized carbons (Fsp3) is 0.333. The number of hydrogen-bond donors (Lipinski definition) is 0. The first-order chi connectivity index (χ1) is 6.29. The van der Waals surface area contributed by atoms with Gasteiger partial charge in [0.1, 0.15) is 0 Å². The van der Waals surface area contributed by atoms with Crippen LogP contribution in [0.1, 0.15) is 22.8 Å². The van der Waals surface area contributed by atoms with Crippen molar-refractivity contribution in [2.75, 3.05) is 6.61 Å². The molecule has 1 aromatic rings. The molecule has 0 spiro atoms. The molecular weight excluding hydrogens is 314 g/mol. The molecule has 1 rings (SSSR count). The highest BCUT2D eigenvalue weighted by Crippen LogP contribution is 2.11. The molecule has 78 valence electrons. The maximum Gasteiger partial charge on any atom is 0.338 e. The number of aromatic nitrogens is 1. The van der Waals surface area contributed by atoms with E-state index in [4.69, 9.17) is 4.74 Å². The summed E-state index contributed by atoms with van der Waals surface area (Å²) in [6.07, 6.45) is 3.24. The number of nitrogens with zero attached hydrogens (tertiary/aromatic N) is 1. The second kappa shape index (κ2) is 6.95. The van der Waals surface area contributed by atoms with E-state index in [2.05, 4.69) is 20.9 Å². The predicted molar refractivity (Wildman–Crippen MR) is 63.1 cm³/mol. The van der Waals surface area contributed by atoms with Gasteiger partial charge in [0.05, 0.1) is 12.2 Å². The summed E-state index contributed by atoms with van der Waals surface area (Å²) < 4.78 is 4.88. The molecule has 3 nitrogen and oxygen atoms in total. The van der Waals surface area contributed by atoms with Gasteiger partial charge in [0, 0.05) is 17.7 Å². The van der Waals surface area contributed by atoms with Crippen LogP contribution in [0.4, 0.5) is 0 Å². The second-order valence-corrected chi connectivity index (χ2v) is 2.95. The van der Waals surface area contributed by atoms with E-state index in [-0.39, 0.29) is 23.0 Å². The van der Waals surface area contributed by atoms with E-state index < -0.39 is 0 Å². The molecule has 14 heavy (non-hydrogen) atoms. The Balaban J connectivity index is 0.00000169. The zero-order chi connectivity index (χ0) is 9.68. The summed E-state index contributed by atoms with van der Waals surface area (Å²) in [7, 11) is 0. The molecule has 0 amide bonds. The monoisotopic (exact) mass is 323 g/mol. The highest BCUT2D eigenvalue weighted by Gasteiger charge is 2.10. The zero-order valence-electron chi connectivity index (χ0n) is 7.70. The molecule has 0 atom stereocenters. The highest BCUT2D eigenvalue weighted by atomic mass is 79.9. The summed E-state index contributed by atoms with van der Waals surface area (Å²) in [6, 6.07) is 1.66. The third kappa shape index (κ3) is 3.38. The van der Waals surface area contributed by atoms with Crippen LogP contribution >= 0.6 is 32.9 Å². The summed E-state index contributed by atoms with van der Waals surface area (Å²) in [5.41, 5.74) is 1.43. The first-order valence-corrected chi connectivity index (χ1v) is 5.07. The lowest BCUT2D eigenvalue weighted by Gasteiger charge is -2.04. The number of pyridine rings is 1. The molecule has 0 aliphatic rings. The molecule has 1 heterocycles. The lowest BCUT2D eigenvalue weighted by molar-refractivity contribution is 0.0525. The molecule has 0 fully saturated rings. The molecule has 0 aliphatic heterocycles. The second-order valence-electron chi connectivity index (χ2n) is 2.39. The minimum atomic E-state index is -0.292. The van der Waals surface area contributed by atoms with E-state index in [0.717, 1.165) is 5.56 Å². The maximum atomic E-state index is 11.4. The summed E-state index contributed by atoms with van der Waals surface area (Å²) in [5, 5.41) is 0.606. The third-order valence-electron chi connectivity index (χ3n) is 1.54. The Kier molecular flexibility index (Phi) is 6.74. The largest absolute Gasteiger partial charge is 0.462 e. The first kappa shape index (κ1) is 13.6. The van der Waals surface area contributed by atoms with Crippen molar-refractivity contribution >= 4 is 38.9 Å². The third-order valence-corrected chi connectivity index (χ3v) is 2.15. The topological polar surface area (TPSA) is 39.2 Å². The lowest BCUT2D eigenvalue weighted by Crippen LogP contribution is -2.07. The van der Waals surface area contributed by atoms with Crippen LogP contribution in [0.5, 0.6) is 0 Å². The van der Waals surface area contributed by atoms with Gasteiger partial charge in [0.15, 0.2) is 0 Å². The van der Waals surface area contributed by atoms with Gasteiger partial charge in [0.2, 0.25) is 0 Å². The summed E-state index contributed by atoms with van der Waals surface area (Å²) in [5.74, 6) is -0.292. The Morgan fingerprint density at radius 2 is 2.36 bits per heavy atom. The molecule has 0 bridgehead atoms. The van der Waals surface area contributed by atoms with Gasteiger partial charge in [0.25, 0.3) is 0 Å². The van der Waals surface area contributed by atoms with Crippen LogP contribution in [-0.4, -0.2) is 17.6 Å². The van der Waals surface area contributed by atoms with Gasteiger partial charge >= 0.3 is 5.97 Å². The first-order valence-electron chi connectivity index (χ1n) is 3.95. The number of ether oxygens (including phenoxy) is 1. The molecule has 0 radical (unpaired) electrons. The smallest absolute Gasteiger partial charge is 0.338 e. The van der Waals surface area contributed by atoms with Crippen molar-refractivity contribution in [2.45, 2.75) is 12.3 Å². The van der Waals surface area contributed by atoms with E-state index in [0.29, 0.717) is 17.5 Å². The molecular formula is C9H11Br2NO2. The van der Waals surface area contributed by atoms with Crippen LogP contribution in [0, 0.1) is 0 Å². The summed E-state index contributed by atoms with van der Waals surface area (Å²) >= 11 is 3.28. The Morgan fingerprint density at radius 1 is 1.64 bits per heavy atom. The number of halogens is 2. The number of esters is 1. The normalized spacial score (nSPS) is 9.00. The molecule has 0 N–H and O–H groups in total. The minimum Gasteiger partial charge on any atom is -0.462 e. The number of carbonyl (C=O) groups is 1. The van der Waals surface area contributed by atoms with E-state index >= 15 is 0 Å². The van der Waals surface area contributed by atoms with E-state index in [1.54, 1.807) is 25.4 Å². The number of alkyl halides is 1. The van der Waals surface area contributed by atoms with Gasteiger partial charge in [-0.1, -0.05) is 15.9 Å². The van der Waals surface area contributed by atoms with Gasteiger partial charge in [-0.25, -0.2) is 4.79 Å². The van der Waals surface area contributed by atoms with Crippen LogP contribution in [-0.2, 0) is 10.1 Å². The van der Waals surface area contributed by atoms with Crippen LogP contribution in [0.25, 0.3) is 0 Å².